The number of benzene rings is 1. The van der Waals surface area contributed by atoms with Gasteiger partial charge in [-0.2, -0.15) is 0 Å². The zero-order valence-electron chi connectivity index (χ0n) is 11.5. The molecule has 0 fully saturated rings. The van der Waals surface area contributed by atoms with Crippen LogP contribution in [0.25, 0.3) is 0 Å². The van der Waals surface area contributed by atoms with Crippen LogP contribution in [0.3, 0.4) is 0 Å². The molecule has 0 saturated carbocycles. The Labute approximate surface area is 129 Å². The Balaban J connectivity index is 2.91. The molecule has 0 aliphatic carbocycles. The maximum Gasteiger partial charge on any atom is 0.322 e. The van der Waals surface area contributed by atoms with Gasteiger partial charge in [0.05, 0.1) is 6.42 Å². The van der Waals surface area contributed by atoms with Crippen LogP contribution in [0.5, 0.6) is 0 Å². The molecule has 0 heterocycles. The van der Waals surface area contributed by atoms with Gasteiger partial charge in [0.15, 0.2) is 11.6 Å². The average molecular weight is 365 g/mol. The van der Waals surface area contributed by atoms with E-state index >= 15 is 0 Å². The van der Waals surface area contributed by atoms with Crippen molar-refractivity contribution in [2.75, 3.05) is 11.9 Å². The predicted octanol–water partition coefficient (Wildman–Crippen LogP) is 3.44. The van der Waals surface area contributed by atoms with Crippen LogP contribution >= 0.6 is 15.9 Å². The monoisotopic (exact) mass is 364 g/mol. The van der Waals surface area contributed by atoms with Gasteiger partial charge in [-0.15, -0.1) is 0 Å². The van der Waals surface area contributed by atoms with Crippen molar-refractivity contribution in [3.8, 4) is 0 Å². The first-order valence-corrected chi connectivity index (χ1v) is 6.99. The van der Waals surface area contributed by atoms with E-state index in [9.17, 15) is 18.4 Å². The van der Waals surface area contributed by atoms with Gasteiger partial charge in [0.25, 0.3) is 0 Å². The number of carbonyl (C=O) groups excluding carboxylic acids is 1. The maximum atomic E-state index is 13.7. The van der Waals surface area contributed by atoms with E-state index in [2.05, 4.69) is 21.2 Å². The number of rotatable bonds is 5. The molecule has 0 aliphatic heterocycles. The van der Waals surface area contributed by atoms with Crippen molar-refractivity contribution >= 4 is 33.6 Å². The van der Waals surface area contributed by atoms with E-state index < -0.39 is 35.4 Å². The highest BCUT2D eigenvalue weighted by Gasteiger charge is 2.23. The molecule has 5 nitrogen and oxygen atoms in total. The van der Waals surface area contributed by atoms with Gasteiger partial charge in [-0.3, -0.25) is 4.79 Å². The van der Waals surface area contributed by atoms with Gasteiger partial charge < -0.3 is 15.3 Å². The van der Waals surface area contributed by atoms with E-state index in [4.69, 9.17) is 5.11 Å². The number of nitrogens with zero attached hydrogens (tertiary/aromatic N) is 1. The lowest BCUT2D eigenvalue weighted by Crippen LogP contribution is -2.42. The lowest BCUT2D eigenvalue weighted by molar-refractivity contribution is -0.137. The van der Waals surface area contributed by atoms with Crippen molar-refractivity contribution < 1.29 is 23.5 Å². The van der Waals surface area contributed by atoms with Crippen LogP contribution < -0.4 is 5.32 Å². The third-order valence-corrected chi connectivity index (χ3v) is 3.30. The third kappa shape index (κ3) is 4.66. The molecule has 0 saturated heterocycles. The number of nitrogens with one attached hydrogen (secondary N) is 1. The number of anilines is 1. The van der Waals surface area contributed by atoms with E-state index in [1.54, 1.807) is 13.8 Å². The van der Waals surface area contributed by atoms with Gasteiger partial charge in [0.2, 0.25) is 0 Å². The topological polar surface area (TPSA) is 69.6 Å². The Morgan fingerprint density at radius 2 is 1.90 bits per heavy atom. The summed E-state index contributed by atoms with van der Waals surface area (Å²) in [6.07, 6.45) is -0.257. The SMILES string of the molecule is CCN(C(=O)Nc1c(F)cc(Br)cc1F)C(C)CC(=O)O. The summed E-state index contributed by atoms with van der Waals surface area (Å²) in [6.45, 7) is 3.40. The molecule has 0 bridgehead atoms. The summed E-state index contributed by atoms with van der Waals surface area (Å²) in [6, 6.07) is 0.686. The van der Waals surface area contributed by atoms with Gasteiger partial charge in [0, 0.05) is 17.1 Å². The van der Waals surface area contributed by atoms with E-state index in [-0.39, 0.29) is 17.4 Å². The van der Waals surface area contributed by atoms with Crippen molar-refractivity contribution in [2.45, 2.75) is 26.3 Å². The summed E-state index contributed by atoms with van der Waals surface area (Å²) in [5.74, 6) is -2.90. The molecule has 1 aromatic carbocycles. The standard InChI is InChI=1S/C13H15BrF2N2O3/c1-3-18(7(2)4-11(19)20)13(21)17-12-9(15)5-8(14)6-10(12)16/h5-7H,3-4H2,1-2H3,(H,17,21)(H,19,20). The van der Waals surface area contributed by atoms with Crippen LogP contribution in [0.2, 0.25) is 0 Å². The van der Waals surface area contributed by atoms with E-state index in [0.717, 1.165) is 12.1 Å². The second-order valence-electron chi connectivity index (χ2n) is 4.41. The van der Waals surface area contributed by atoms with Crippen LogP contribution in [0.4, 0.5) is 19.3 Å². The van der Waals surface area contributed by atoms with Crippen LogP contribution in [0.15, 0.2) is 16.6 Å². The summed E-state index contributed by atoms with van der Waals surface area (Å²) in [5, 5.41) is 10.9. The molecule has 0 spiro atoms. The number of amides is 2. The fraction of sp³-hybridized carbons (Fsp3) is 0.385. The van der Waals surface area contributed by atoms with E-state index in [0.29, 0.717) is 0 Å². The highest BCUT2D eigenvalue weighted by molar-refractivity contribution is 9.10. The first kappa shape index (κ1) is 17.4. The highest BCUT2D eigenvalue weighted by atomic mass is 79.9. The molecule has 0 aromatic heterocycles. The fourth-order valence-corrected chi connectivity index (χ4v) is 2.26. The van der Waals surface area contributed by atoms with Crippen molar-refractivity contribution in [1.82, 2.24) is 4.90 Å². The number of carboxylic acids is 1. The summed E-state index contributed by atoms with van der Waals surface area (Å²) >= 11 is 2.94. The predicted molar refractivity (Wildman–Crippen MR) is 77.2 cm³/mol. The normalized spacial score (nSPS) is 11.9. The van der Waals surface area contributed by atoms with Gasteiger partial charge in [-0.1, -0.05) is 15.9 Å². The smallest absolute Gasteiger partial charge is 0.322 e. The number of hydrogen-bond acceptors (Lipinski definition) is 2. The lowest BCUT2D eigenvalue weighted by atomic mass is 10.2. The maximum absolute atomic E-state index is 13.7. The molecule has 0 aliphatic rings. The zero-order valence-corrected chi connectivity index (χ0v) is 13.1. The Hall–Kier alpha value is -1.70. The molecular weight excluding hydrogens is 350 g/mol. The van der Waals surface area contributed by atoms with Gasteiger partial charge in [-0.05, 0) is 26.0 Å². The molecule has 1 aromatic rings. The minimum absolute atomic E-state index is 0.208. The molecule has 21 heavy (non-hydrogen) atoms. The molecule has 1 unspecified atom stereocenters. The molecule has 1 atom stereocenters. The molecule has 116 valence electrons. The Morgan fingerprint density at radius 1 is 1.38 bits per heavy atom. The van der Waals surface area contributed by atoms with Crippen LogP contribution in [0, 0.1) is 11.6 Å². The first-order valence-electron chi connectivity index (χ1n) is 6.20. The summed E-state index contributed by atoms with van der Waals surface area (Å²) < 4.78 is 27.5. The molecule has 2 N–H and O–H groups in total. The summed E-state index contributed by atoms with van der Waals surface area (Å²) in [4.78, 5) is 23.9. The largest absolute Gasteiger partial charge is 0.481 e. The summed E-state index contributed by atoms with van der Waals surface area (Å²) in [5.41, 5.74) is -0.566. The number of aliphatic carboxylic acids is 1. The zero-order chi connectivity index (χ0) is 16.2. The van der Waals surface area contributed by atoms with Crippen LogP contribution in [-0.2, 0) is 4.79 Å². The van der Waals surface area contributed by atoms with Gasteiger partial charge in [-0.25, -0.2) is 13.6 Å². The Kier molecular flexibility index (Phi) is 6.07. The highest BCUT2D eigenvalue weighted by Crippen LogP contribution is 2.24. The molecule has 2 amide bonds. The third-order valence-electron chi connectivity index (χ3n) is 2.84. The Bertz CT molecular complexity index is 531. The molecular formula is C13H15BrF2N2O3. The molecule has 8 heteroatoms. The van der Waals surface area contributed by atoms with Crippen molar-refractivity contribution in [2.24, 2.45) is 0 Å². The van der Waals surface area contributed by atoms with Gasteiger partial charge >= 0.3 is 12.0 Å². The summed E-state index contributed by atoms with van der Waals surface area (Å²) in [7, 11) is 0. The molecule has 1 rings (SSSR count). The number of carboxylic acid groups (broad SMARTS) is 1. The van der Waals surface area contributed by atoms with Crippen LogP contribution in [0.1, 0.15) is 20.3 Å². The lowest BCUT2D eigenvalue weighted by Gasteiger charge is -2.27. The quantitative estimate of drug-likeness (QED) is 0.840. The molecule has 0 radical (unpaired) electrons. The van der Waals surface area contributed by atoms with Gasteiger partial charge in [0.1, 0.15) is 5.69 Å². The van der Waals surface area contributed by atoms with E-state index in [1.807, 2.05) is 0 Å². The van der Waals surface area contributed by atoms with Crippen LogP contribution in [-0.4, -0.2) is 34.6 Å². The number of hydrogen-bond donors (Lipinski definition) is 2. The number of carbonyl (C=O) groups is 2. The first-order chi connectivity index (χ1) is 9.76. The van der Waals surface area contributed by atoms with Crippen molar-refractivity contribution in [1.29, 1.82) is 0 Å². The second kappa shape index (κ2) is 7.35. The minimum atomic E-state index is -1.06. The van der Waals surface area contributed by atoms with E-state index in [1.165, 1.54) is 4.90 Å². The average Bonchev–Trinajstić information content (AvgIpc) is 2.33. The minimum Gasteiger partial charge on any atom is -0.481 e. The number of urea groups is 1. The van der Waals surface area contributed by atoms with Crippen molar-refractivity contribution in [3.05, 3.63) is 28.2 Å². The second-order valence-corrected chi connectivity index (χ2v) is 5.32. The Morgan fingerprint density at radius 3 is 2.33 bits per heavy atom. The van der Waals surface area contributed by atoms with Crippen molar-refractivity contribution in [3.63, 3.8) is 0 Å². The fourth-order valence-electron chi connectivity index (χ4n) is 1.86. The number of halogens is 3.